The Labute approximate surface area is 111 Å². The van der Waals surface area contributed by atoms with Gasteiger partial charge in [-0.15, -0.1) is 0 Å². The van der Waals surface area contributed by atoms with Crippen LogP contribution in [-0.4, -0.2) is 39.7 Å². The number of amides is 1. The molecule has 1 atom stereocenters. The molecule has 0 saturated heterocycles. The lowest BCUT2D eigenvalue weighted by molar-refractivity contribution is -0.384. The van der Waals surface area contributed by atoms with Crippen molar-refractivity contribution in [3.8, 4) is 0 Å². The van der Waals surface area contributed by atoms with Gasteiger partial charge in [-0.1, -0.05) is 11.6 Å². The molecule has 1 amide bonds. The fourth-order valence-corrected chi connectivity index (χ4v) is 1.42. The molecule has 0 heterocycles. The van der Waals surface area contributed by atoms with Crippen LogP contribution in [0.15, 0.2) is 18.2 Å². The smallest absolute Gasteiger partial charge is 0.334 e. The topological polar surface area (TPSA) is 130 Å². The molecule has 0 aliphatic carbocycles. The number of carboxylic acid groups (broad SMARTS) is 1. The Bertz CT molecular complexity index is 533. The van der Waals surface area contributed by atoms with Gasteiger partial charge in [0.25, 0.3) is 11.6 Å². The number of rotatable bonds is 5. The molecule has 0 aliphatic heterocycles. The molecule has 1 rings (SSSR count). The van der Waals surface area contributed by atoms with E-state index in [0.29, 0.717) is 0 Å². The van der Waals surface area contributed by atoms with Crippen molar-refractivity contribution in [2.24, 2.45) is 0 Å². The Kier molecular flexibility index (Phi) is 4.79. The number of benzene rings is 1. The van der Waals surface area contributed by atoms with Gasteiger partial charge in [-0.3, -0.25) is 14.9 Å². The van der Waals surface area contributed by atoms with Crippen molar-refractivity contribution in [3.05, 3.63) is 38.9 Å². The molecule has 1 unspecified atom stereocenters. The quantitative estimate of drug-likeness (QED) is 0.532. The summed E-state index contributed by atoms with van der Waals surface area (Å²) in [6, 6.07) is 3.32. The number of aliphatic hydroxyl groups excluding tert-OH is 1. The minimum Gasteiger partial charge on any atom is -0.479 e. The summed E-state index contributed by atoms with van der Waals surface area (Å²) in [5.74, 6) is -2.17. The van der Waals surface area contributed by atoms with E-state index in [1.165, 1.54) is 6.07 Å². The van der Waals surface area contributed by atoms with Gasteiger partial charge in [0, 0.05) is 11.6 Å². The van der Waals surface area contributed by atoms with Crippen molar-refractivity contribution in [1.82, 2.24) is 5.32 Å². The predicted octanol–water partition coefficient (Wildman–Crippen LogP) is 0.424. The number of aliphatic carboxylic acids is 1. The number of hydrogen-bond donors (Lipinski definition) is 3. The fourth-order valence-electron chi connectivity index (χ4n) is 1.17. The molecule has 0 bridgehead atoms. The molecule has 9 heteroatoms. The highest BCUT2D eigenvalue weighted by atomic mass is 35.5. The summed E-state index contributed by atoms with van der Waals surface area (Å²) in [6.45, 7) is -0.483. The van der Waals surface area contributed by atoms with Crippen LogP contribution < -0.4 is 5.32 Å². The van der Waals surface area contributed by atoms with Crippen LogP contribution >= 0.6 is 11.6 Å². The van der Waals surface area contributed by atoms with Gasteiger partial charge < -0.3 is 15.5 Å². The van der Waals surface area contributed by atoms with E-state index >= 15 is 0 Å². The van der Waals surface area contributed by atoms with Gasteiger partial charge in [-0.05, 0) is 12.1 Å². The molecular formula is C10H9ClN2O6. The van der Waals surface area contributed by atoms with Crippen LogP contribution in [-0.2, 0) is 4.79 Å². The van der Waals surface area contributed by atoms with Crippen LogP contribution in [0.2, 0.25) is 5.02 Å². The molecule has 8 nitrogen and oxygen atoms in total. The summed E-state index contributed by atoms with van der Waals surface area (Å²) in [4.78, 5) is 31.7. The van der Waals surface area contributed by atoms with Gasteiger partial charge in [0.15, 0.2) is 6.10 Å². The fraction of sp³-hybridized carbons (Fsp3) is 0.200. The van der Waals surface area contributed by atoms with Crippen LogP contribution in [0.1, 0.15) is 10.4 Å². The largest absolute Gasteiger partial charge is 0.479 e. The first-order valence-corrected chi connectivity index (χ1v) is 5.33. The average Bonchev–Trinajstić information content (AvgIpc) is 2.34. The second-order valence-electron chi connectivity index (χ2n) is 3.49. The number of carbonyl (C=O) groups is 2. The molecule has 0 radical (unpaired) electrons. The number of carboxylic acids is 1. The number of nitrogens with zero attached hydrogens (tertiary/aromatic N) is 1. The van der Waals surface area contributed by atoms with Crippen molar-refractivity contribution < 1.29 is 24.7 Å². The lowest BCUT2D eigenvalue weighted by atomic mass is 10.2. The van der Waals surface area contributed by atoms with E-state index < -0.39 is 29.4 Å². The summed E-state index contributed by atoms with van der Waals surface area (Å²) >= 11 is 5.62. The number of carbonyl (C=O) groups excluding carboxylic acids is 1. The highest BCUT2D eigenvalue weighted by molar-refractivity contribution is 6.33. The number of nitrogens with one attached hydrogen (secondary N) is 1. The molecule has 102 valence electrons. The highest BCUT2D eigenvalue weighted by Crippen LogP contribution is 2.24. The van der Waals surface area contributed by atoms with Gasteiger partial charge in [-0.25, -0.2) is 4.79 Å². The standard InChI is InChI=1S/C10H9ClN2O6/c11-6-3-5(1-2-7(6)13(18)19)9(15)12-4-8(14)10(16)17/h1-3,8,14H,4H2,(H,12,15)(H,16,17). The summed E-state index contributed by atoms with van der Waals surface area (Å²) in [7, 11) is 0. The average molecular weight is 289 g/mol. The third kappa shape index (κ3) is 3.90. The van der Waals surface area contributed by atoms with Gasteiger partial charge in [-0.2, -0.15) is 0 Å². The maximum absolute atomic E-state index is 11.6. The number of nitro groups is 1. The van der Waals surface area contributed by atoms with Crippen LogP contribution in [0.3, 0.4) is 0 Å². The van der Waals surface area contributed by atoms with Crippen molar-refractivity contribution in [3.63, 3.8) is 0 Å². The van der Waals surface area contributed by atoms with E-state index in [4.69, 9.17) is 21.8 Å². The molecule has 1 aromatic rings. The van der Waals surface area contributed by atoms with Gasteiger partial charge in [0.1, 0.15) is 5.02 Å². The number of nitro benzene ring substituents is 1. The number of aliphatic hydroxyl groups is 1. The van der Waals surface area contributed by atoms with E-state index in [-0.39, 0.29) is 16.3 Å². The molecule has 0 spiro atoms. The maximum atomic E-state index is 11.6. The Hall–Kier alpha value is -2.19. The van der Waals surface area contributed by atoms with Crippen molar-refractivity contribution in [2.45, 2.75) is 6.10 Å². The van der Waals surface area contributed by atoms with E-state index in [2.05, 4.69) is 5.32 Å². The highest BCUT2D eigenvalue weighted by Gasteiger charge is 2.17. The van der Waals surface area contributed by atoms with E-state index in [0.717, 1.165) is 12.1 Å². The summed E-state index contributed by atoms with van der Waals surface area (Å²) in [5.41, 5.74) is -0.322. The SMILES string of the molecule is O=C(NCC(O)C(=O)O)c1ccc([N+](=O)[O-])c(Cl)c1. The normalized spacial score (nSPS) is 11.7. The first-order valence-electron chi connectivity index (χ1n) is 4.96. The lowest BCUT2D eigenvalue weighted by Gasteiger charge is -2.08. The Balaban J connectivity index is 2.76. The zero-order valence-electron chi connectivity index (χ0n) is 9.37. The summed E-state index contributed by atoms with van der Waals surface area (Å²) < 4.78 is 0. The van der Waals surface area contributed by atoms with Crippen molar-refractivity contribution in [1.29, 1.82) is 0 Å². The van der Waals surface area contributed by atoms with E-state index in [9.17, 15) is 19.7 Å². The zero-order chi connectivity index (χ0) is 14.6. The van der Waals surface area contributed by atoms with Crippen LogP contribution in [0, 0.1) is 10.1 Å². The maximum Gasteiger partial charge on any atom is 0.334 e. The first-order chi connectivity index (χ1) is 8.82. The summed E-state index contributed by atoms with van der Waals surface area (Å²) in [5, 5.41) is 29.8. The minimum atomic E-state index is -1.72. The Morgan fingerprint density at radius 1 is 1.47 bits per heavy atom. The molecule has 3 N–H and O–H groups in total. The van der Waals surface area contributed by atoms with Crippen LogP contribution in [0.4, 0.5) is 5.69 Å². The minimum absolute atomic E-state index is 0.0215. The zero-order valence-corrected chi connectivity index (χ0v) is 10.1. The van der Waals surface area contributed by atoms with Gasteiger partial charge in [0.05, 0.1) is 11.5 Å². The van der Waals surface area contributed by atoms with E-state index in [1.54, 1.807) is 0 Å². The molecule has 0 aliphatic rings. The van der Waals surface area contributed by atoms with Gasteiger partial charge in [0.2, 0.25) is 0 Å². The number of hydrogen-bond acceptors (Lipinski definition) is 5. The molecule has 19 heavy (non-hydrogen) atoms. The van der Waals surface area contributed by atoms with Crippen LogP contribution in [0.25, 0.3) is 0 Å². The molecular weight excluding hydrogens is 280 g/mol. The van der Waals surface area contributed by atoms with Gasteiger partial charge >= 0.3 is 5.97 Å². The Morgan fingerprint density at radius 2 is 2.11 bits per heavy atom. The lowest BCUT2D eigenvalue weighted by Crippen LogP contribution is -2.36. The molecule has 1 aromatic carbocycles. The van der Waals surface area contributed by atoms with Crippen molar-refractivity contribution >= 4 is 29.2 Å². The predicted molar refractivity (Wildman–Crippen MR) is 64.1 cm³/mol. The summed E-state index contributed by atoms with van der Waals surface area (Å²) in [6.07, 6.45) is -1.72. The monoisotopic (exact) mass is 288 g/mol. The van der Waals surface area contributed by atoms with Crippen LogP contribution in [0.5, 0.6) is 0 Å². The molecule has 0 fully saturated rings. The molecule has 0 aromatic heterocycles. The number of halogens is 1. The first kappa shape index (κ1) is 14.9. The third-order valence-electron chi connectivity index (χ3n) is 2.15. The van der Waals surface area contributed by atoms with E-state index in [1.807, 2.05) is 0 Å². The van der Waals surface area contributed by atoms with Crippen molar-refractivity contribution in [2.75, 3.05) is 6.54 Å². The second-order valence-corrected chi connectivity index (χ2v) is 3.89. The Morgan fingerprint density at radius 3 is 2.58 bits per heavy atom. The molecule has 0 saturated carbocycles. The second kappa shape index (κ2) is 6.12. The third-order valence-corrected chi connectivity index (χ3v) is 2.45.